The summed E-state index contributed by atoms with van der Waals surface area (Å²) in [5.41, 5.74) is 3.15. The summed E-state index contributed by atoms with van der Waals surface area (Å²) in [4.78, 5) is 0. The lowest BCUT2D eigenvalue weighted by Gasteiger charge is -2.24. The van der Waals surface area contributed by atoms with Crippen LogP contribution in [0, 0.1) is 6.92 Å². The van der Waals surface area contributed by atoms with Crippen molar-refractivity contribution in [2.45, 2.75) is 39.5 Å². The monoisotopic (exact) mass is 270 g/mol. The zero-order valence-electron chi connectivity index (χ0n) is 12.3. The average molecular weight is 270 g/mol. The van der Waals surface area contributed by atoms with Crippen LogP contribution in [0.25, 0.3) is 0 Å². The van der Waals surface area contributed by atoms with E-state index in [0.717, 1.165) is 8.58 Å². The van der Waals surface area contributed by atoms with Crippen molar-refractivity contribution in [3.8, 4) is 0 Å². The SMILES string of the molecule is CCC(C)(C)c1ccc(Pc2ccccc2)c(C)c1. The standard InChI is InChI=1S/C18H23P/c1-5-18(3,4)15-11-12-17(14(2)13-15)19-16-9-7-6-8-10-16/h6-13,19H,5H2,1-4H3. The molecule has 0 fully saturated rings. The molecule has 0 N–H and O–H groups in total. The zero-order valence-corrected chi connectivity index (χ0v) is 13.3. The van der Waals surface area contributed by atoms with Crippen LogP contribution in [0.1, 0.15) is 38.3 Å². The van der Waals surface area contributed by atoms with E-state index in [9.17, 15) is 0 Å². The van der Waals surface area contributed by atoms with E-state index in [1.807, 2.05) is 0 Å². The van der Waals surface area contributed by atoms with E-state index < -0.39 is 0 Å². The number of rotatable bonds is 4. The van der Waals surface area contributed by atoms with Crippen LogP contribution in [0.4, 0.5) is 0 Å². The highest BCUT2D eigenvalue weighted by atomic mass is 31.1. The lowest BCUT2D eigenvalue weighted by Crippen LogP contribution is -2.17. The molecule has 0 aliphatic rings. The summed E-state index contributed by atoms with van der Waals surface area (Å²) in [6.45, 7) is 9.14. The Labute approximate surface area is 119 Å². The molecule has 0 bridgehead atoms. The molecular weight excluding hydrogens is 247 g/mol. The molecule has 0 radical (unpaired) electrons. The van der Waals surface area contributed by atoms with Crippen LogP contribution in [-0.2, 0) is 5.41 Å². The molecule has 0 heterocycles. The van der Waals surface area contributed by atoms with Gasteiger partial charge in [0, 0.05) is 0 Å². The molecule has 2 aromatic carbocycles. The normalized spacial score (nSPS) is 12.2. The predicted molar refractivity (Wildman–Crippen MR) is 88.5 cm³/mol. The second kappa shape index (κ2) is 5.88. The lowest BCUT2D eigenvalue weighted by atomic mass is 9.82. The van der Waals surface area contributed by atoms with Gasteiger partial charge in [-0.25, -0.2) is 0 Å². The highest BCUT2D eigenvalue weighted by Gasteiger charge is 2.18. The molecule has 19 heavy (non-hydrogen) atoms. The lowest BCUT2D eigenvalue weighted by molar-refractivity contribution is 0.506. The maximum absolute atomic E-state index is 2.37. The Kier molecular flexibility index (Phi) is 4.42. The fourth-order valence-electron chi connectivity index (χ4n) is 2.11. The van der Waals surface area contributed by atoms with Gasteiger partial charge in [0.05, 0.1) is 0 Å². The van der Waals surface area contributed by atoms with Gasteiger partial charge in [0.15, 0.2) is 0 Å². The fraction of sp³-hybridized carbons (Fsp3) is 0.333. The van der Waals surface area contributed by atoms with Crippen LogP contribution in [0.3, 0.4) is 0 Å². The molecule has 2 aromatic rings. The number of hydrogen-bond acceptors (Lipinski definition) is 0. The van der Waals surface area contributed by atoms with E-state index in [4.69, 9.17) is 0 Å². The Balaban J connectivity index is 2.25. The van der Waals surface area contributed by atoms with Crippen LogP contribution in [0.2, 0.25) is 0 Å². The van der Waals surface area contributed by atoms with Gasteiger partial charge in [-0.2, -0.15) is 0 Å². The van der Waals surface area contributed by atoms with Crippen molar-refractivity contribution in [1.82, 2.24) is 0 Å². The Hall–Kier alpha value is -1.13. The first-order valence-corrected chi connectivity index (χ1v) is 7.96. The molecule has 1 heteroatoms. The van der Waals surface area contributed by atoms with Gasteiger partial charge in [0.1, 0.15) is 0 Å². The second-order valence-corrected chi connectivity index (χ2v) is 7.12. The van der Waals surface area contributed by atoms with Gasteiger partial charge in [0.25, 0.3) is 0 Å². The molecule has 0 aliphatic carbocycles. The first-order valence-electron chi connectivity index (χ1n) is 6.96. The highest BCUT2D eigenvalue weighted by Crippen LogP contribution is 2.27. The van der Waals surface area contributed by atoms with Gasteiger partial charge >= 0.3 is 0 Å². The molecule has 0 nitrogen and oxygen atoms in total. The van der Waals surface area contributed by atoms with Crippen molar-refractivity contribution >= 4 is 19.2 Å². The molecule has 2 rings (SSSR count). The Morgan fingerprint density at radius 2 is 1.68 bits per heavy atom. The van der Waals surface area contributed by atoms with Gasteiger partial charge in [-0.15, -0.1) is 0 Å². The summed E-state index contributed by atoms with van der Waals surface area (Å²) in [5.74, 6) is 0. The van der Waals surface area contributed by atoms with E-state index >= 15 is 0 Å². The van der Waals surface area contributed by atoms with Crippen LogP contribution in [0.15, 0.2) is 48.5 Å². The molecule has 0 saturated carbocycles. The number of aryl methyl sites for hydroxylation is 1. The minimum atomic E-state index is 0.277. The van der Waals surface area contributed by atoms with E-state index in [1.54, 1.807) is 0 Å². The van der Waals surface area contributed by atoms with Gasteiger partial charge < -0.3 is 0 Å². The van der Waals surface area contributed by atoms with Gasteiger partial charge in [-0.3, -0.25) is 0 Å². The van der Waals surface area contributed by atoms with Crippen molar-refractivity contribution < 1.29 is 0 Å². The largest absolute Gasteiger partial charge is 0.0646 e. The Bertz CT molecular complexity index is 541. The minimum Gasteiger partial charge on any atom is -0.0646 e. The highest BCUT2D eigenvalue weighted by molar-refractivity contribution is 7.55. The summed E-state index contributed by atoms with van der Waals surface area (Å²) in [5, 5.41) is 2.87. The van der Waals surface area contributed by atoms with Crippen molar-refractivity contribution in [2.75, 3.05) is 0 Å². The van der Waals surface area contributed by atoms with Gasteiger partial charge in [0.2, 0.25) is 0 Å². The smallest absolute Gasteiger partial charge is 0.0106 e. The maximum Gasteiger partial charge on any atom is -0.0106 e. The molecule has 0 aromatic heterocycles. The molecule has 0 aliphatic heterocycles. The van der Waals surface area contributed by atoms with Crippen molar-refractivity contribution in [3.05, 3.63) is 59.7 Å². The zero-order chi connectivity index (χ0) is 13.9. The van der Waals surface area contributed by atoms with E-state index in [2.05, 4.69) is 76.2 Å². The fourth-order valence-corrected chi connectivity index (χ4v) is 3.21. The molecule has 0 amide bonds. The van der Waals surface area contributed by atoms with Crippen LogP contribution < -0.4 is 10.6 Å². The summed E-state index contributed by atoms with van der Waals surface area (Å²) < 4.78 is 0. The molecule has 100 valence electrons. The van der Waals surface area contributed by atoms with Crippen LogP contribution in [-0.4, -0.2) is 0 Å². The minimum absolute atomic E-state index is 0.277. The van der Waals surface area contributed by atoms with Crippen molar-refractivity contribution in [2.24, 2.45) is 0 Å². The topological polar surface area (TPSA) is 0 Å². The third kappa shape index (κ3) is 3.45. The van der Waals surface area contributed by atoms with E-state index in [-0.39, 0.29) is 5.41 Å². The quantitative estimate of drug-likeness (QED) is 0.726. The molecular formula is C18H23P. The number of hydrogen-bond donors (Lipinski definition) is 0. The van der Waals surface area contributed by atoms with E-state index in [1.165, 1.54) is 28.2 Å². The van der Waals surface area contributed by atoms with Crippen LogP contribution >= 0.6 is 8.58 Å². The Morgan fingerprint density at radius 1 is 1.00 bits per heavy atom. The third-order valence-electron chi connectivity index (χ3n) is 3.94. The first kappa shape index (κ1) is 14.3. The van der Waals surface area contributed by atoms with Crippen molar-refractivity contribution in [3.63, 3.8) is 0 Å². The Morgan fingerprint density at radius 3 is 2.26 bits per heavy atom. The summed E-state index contributed by atoms with van der Waals surface area (Å²) >= 11 is 0. The second-order valence-electron chi connectivity index (χ2n) is 5.76. The van der Waals surface area contributed by atoms with E-state index in [0.29, 0.717) is 0 Å². The molecule has 1 unspecified atom stereocenters. The molecule has 0 saturated heterocycles. The van der Waals surface area contributed by atoms with Crippen LogP contribution in [0.5, 0.6) is 0 Å². The predicted octanol–water partition coefficient (Wildman–Crippen LogP) is 4.31. The third-order valence-corrected chi connectivity index (χ3v) is 5.40. The maximum atomic E-state index is 2.37. The average Bonchev–Trinajstić information content (AvgIpc) is 2.42. The summed E-state index contributed by atoms with van der Waals surface area (Å²) in [6, 6.07) is 17.7. The summed E-state index contributed by atoms with van der Waals surface area (Å²) in [7, 11) is 0.756. The molecule has 0 spiro atoms. The first-order chi connectivity index (χ1) is 9.03. The number of benzene rings is 2. The van der Waals surface area contributed by atoms with Gasteiger partial charge in [-0.05, 0) is 40.5 Å². The van der Waals surface area contributed by atoms with Crippen molar-refractivity contribution in [1.29, 1.82) is 0 Å². The molecule has 1 atom stereocenters. The summed E-state index contributed by atoms with van der Waals surface area (Å²) in [6.07, 6.45) is 1.17. The van der Waals surface area contributed by atoms with Gasteiger partial charge in [-0.1, -0.05) is 77.9 Å².